The molecule has 3 aromatic carbocycles. The third-order valence-corrected chi connectivity index (χ3v) is 15.7. The summed E-state index contributed by atoms with van der Waals surface area (Å²) in [5.41, 5.74) is -0.377. The lowest BCUT2D eigenvalue weighted by molar-refractivity contribution is -0.165. The van der Waals surface area contributed by atoms with Crippen molar-refractivity contribution in [3.05, 3.63) is 107 Å². The van der Waals surface area contributed by atoms with Crippen LogP contribution in [0.25, 0.3) is 0 Å². The highest BCUT2D eigenvalue weighted by molar-refractivity contribution is 7.99. The second-order valence-corrected chi connectivity index (χ2v) is 20.8. The van der Waals surface area contributed by atoms with Crippen molar-refractivity contribution in [1.29, 1.82) is 0 Å². The molecule has 11 heteroatoms. The topological polar surface area (TPSA) is 115 Å². The van der Waals surface area contributed by atoms with Gasteiger partial charge in [-0.2, -0.15) is 0 Å². The van der Waals surface area contributed by atoms with Crippen LogP contribution < -0.4 is 10.4 Å². The molecule has 0 saturated carbocycles. The Bertz CT molecular complexity index is 1720. The van der Waals surface area contributed by atoms with E-state index in [4.69, 9.17) is 30.5 Å². The molecule has 1 aliphatic carbocycles. The number of aliphatic hydroxyl groups is 2. The molecule has 3 aromatic rings. The average molecular weight is 750 g/mol. The maximum Gasteiger partial charge on any atom is 0.338 e. The van der Waals surface area contributed by atoms with Crippen LogP contribution in [-0.2, 0) is 18.7 Å². The molecule has 5 rings (SSSR count). The van der Waals surface area contributed by atoms with Crippen LogP contribution >= 0.6 is 23.4 Å². The van der Waals surface area contributed by atoms with E-state index in [1.165, 1.54) is 11.8 Å². The number of hydrogen-bond acceptors (Lipinski definition) is 9. The lowest BCUT2D eigenvalue weighted by Gasteiger charge is -2.46. The molecule has 0 spiro atoms. The van der Waals surface area contributed by atoms with Gasteiger partial charge in [0.15, 0.2) is 11.9 Å². The SMILES string of the molecule is CS[C@@H]1O[C@H](CO[Si](c2ccccc2)(c2ccccc2)C(C)(C)C)[C@@H](O)[C@H](OC(=O)c2ccc(Cl)cc2)[C@H]1N=C(C)C1=C(O)CC(C)(C)CC1=O. The molecule has 0 aromatic heterocycles. The first-order valence-electron chi connectivity index (χ1n) is 17.2. The molecule has 51 heavy (non-hydrogen) atoms. The number of benzene rings is 3. The molecule has 0 radical (unpaired) electrons. The monoisotopic (exact) mass is 749 g/mol. The largest absolute Gasteiger partial charge is 0.511 e. The van der Waals surface area contributed by atoms with E-state index < -0.39 is 44.1 Å². The number of carbonyl (C=O) groups is 2. The van der Waals surface area contributed by atoms with E-state index in [-0.39, 0.29) is 46.2 Å². The van der Waals surface area contributed by atoms with Gasteiger partial charge in [-0.3, -0.25) is 9.79 Å². The number of rotatable bonds is 10. The molecular weight excluding hydrogens is 702 g/mol. The van der Waals surface area contributed by atoms with Gasteiger partial charge in [-0.15, -0.1) is 11.8 Å². The minimum atomic E-state index is -3.02. The van der Waals surface area contributed by atoms with E-state index in [0.29, 0.717) is 17.2 Å². The van der Waals surface area contributed by atoms with Crippen molar-refractivity contribution in [2.24, 2.45) is 10.4 Å². The van der Waals surface area contributed by atoms with Crippen LogP contribution in [0.2, 0.25) is 10.1 Å². The third kappa shape index (κ3) is 8.37. The molecule has 1 heterocycles. The minimum Gasteiger partial charge on any atom is -0.511 e. The highest BCUT2D eigenvalue weighted by Crippen LogP contribution is 2.40. The fourth-order valence-corrected chi connectivity index (χ4v) is 12.7. The van der Waals surface area contributed by atoms with Crippen molar-refractivity contribution in [3.63, 3.8) is 0 Å². The van der Waals surface area contributed by atoms with Gasteiger partial charge in [0.1, 0.15) is 29.4 Å². The van der Waals surface area contributed by atoms with Gasteiger partial charge >= 0.3 is 5.97 Å². The summed E-state index contributed by atoms with van der Waals surface area (Å²) in [5, 5.41) is 25.3. The highest BCUT2D eigenvalue weighted by Gasteiger charge is 2.53. The highest BCUT2D eigenvalue weighted by atomic mass is 35.5. The number of hydrogen-bond donors (Lipinski definition) is 2. The number of thioether (sulfide) groups is 1. The number of aliphatic imine (C=N–C) groups is 1. The van der Waals surface area contributed by atoms with Gasteiger partial charge in [-0.1, -0.05) is 107 Å². The smallest absolute Gasteiger partial charge is 0.338 e. The van der Waals surface area contributed by atoms with Crippen LogP contribution in [-0.4, -0.2) is 78.6 Å². The molecule has 5 atom stereocenters. The molecule has 0 bridgehead atoms. The van der Waals surface area contributed by atoms with Crippen molar-refractivity contribution in [1.82, 2.24) is 0 Å². The summed E-state index contributed by atoms with van der Waals surface area (Å²) in [6.45, 7) is 12.0. The first-order chi connectivity index (χ1) is 24.1. The standard InChI is InChI=1S/C40H48ClNO7SSi/c1-25(33-30(43)22-40(5,6)23-31(33)44)42-34-36(49-37(46)26-18-20-27(41)21-19-26)35(45)32(48-38(34)50-7)24-47-51(39(2,3)4,28-14-10-8-11-15-28)29-16-12-9-13-17-29/h8-21,32,34-36,38,43,45H,22-24H2,1-7H3/t32-,34-,35-,36-,38+/m1/s1. The fourth-order valence-electron chi connectivity index (χ4n) is 7.24. The molecule has 1 saturated heterocycles. The van der Waals surface area contributed by atoms with Gasteiger partial charge in [-0.25, -0.2) is 4.79 Å². The maximum atomic E-state index is 13.6. The summed E-state index contributed by atoms with van der Waals surface area (Å²) in [4.78, 5) is 31.7. The molecule has 272 valence electrons. The summed E-state index contributed by atoms with van der Waals surface area (Å²) in [5.74, 6) is -0.907. The normalized spacial score (nSPS) is 24.4. The molecule has 2 N–H and O–H groups in total. The van der Waals surface area contributed by atoms with Crippen LogP contribution in [0.5, 0.6) is 0 Å². The van der Waals surface area contributed by atoms with Crippen LogP contribution in [0.1, 0.15) is 64.7 Å². The van der Waals surface area contributed by atoms with Crippen molar-refractivity contribution in [2.45, 2.75) is 89.2 Å². The predicted molar refractivity (Wildman–Crippen MR) is 207 cm³/mol. The number of ketones is 1. The summed E-state index contributed by atoms with van der Waals surface area (Å²) < 4.78 is 19.8. The lowest BCUT2D eigenvalue weighted by atomic mass is 9.75. The van der Waals surface area contributed by atoms with Gasteiger partial charge in [0.2, 0.25) is 0 Å². The van der Waals surface area contributed by atoms with E-state index in [2.05, 4.69) is 45.0 Å². The summed E-state index contributed by atoms with van der Waals surface area (Å²) >= 11 is 7.44. The van der Waals surface area contributed by atoms with E-state index >= 15 is 0 Å². The summed E-state index contributed by atoms with van der Waals surface area (Å²) in [7, 11) is -3.02. The first kappa shape index (κ1) is 39.0. The number of allylic oxidation sites excluding steroid dienone is 2. The number of ether oxygens (including phenoxy) is 2. The van der Waals surface area contributed by atoms with E-state index in [1.807, 2.05) is 56.5 Å². The van der Waals surface area contributed by atoms with Crippen molar-refractivity contribution >= 4 is 59.5 Å². The number of halogens is 1. The number of carbonyl (C=O) groups excluding carboxylic acids is 2. The van der Waals surface area contributed by atoms with Crippen molar-refractivity contribution < 1.29 is 33.7 Å². The van der Waals surface area contributed by atoms with Gasteiger partial charge in [0.25, 0.3) is 8.32 Å². The molecule has 1 fully saturated rings. The van der Waals surface area contributed by atoms with Crippen LogP contribution in [0, 0.1) is 5.41 Å². The number of aliphatic hydroxyl groups excluding tert-OH is 2. The van der Waals surface area contributed by atoms with E-state index in [9.17, 15) is 19.8 Å². The van der Waals surface area contributed by atoms with Gasteiger partial charge in [-0.05, 0) is 58.3 Å². The second-order valence-electron chi connectivity index (χ2n) is 15.1. The molecule has 0 unspecified atom stereocenters. The Balaban J connectivity index is 1.54. The van der Waals surface area contributed by atoms with E-state index in [0.717, 1.165) is 10.4 Å². The Kier molecular flexibility index (Phi) is 12.1. The number of Topliss-reactive ketones (excluding diaryl/α,β-unsaturated/α-hetero) is 1. The Morgan fingerprint density at radius 1 is 1.00 bits per heavy atom. The molecule has 0 amide bonds. The quantitative estimate of drug-likeness (QED) is 0.131. The Labute approximate surface area is 311 Å². The molecular formula is C40H48ClNO7SSi. The Morgan fingerprint density at radius 2 is 1.57 bits per heavy atom. The Morgan fingerprint density at radius 3 is 2.08 bits per heavy atom. The zero-order chi connectivity index (χ0) is 37.1. The second kappa shape index (κ2) is 15.8. The van der Waals surface area contributed by atoms with Crippen molar-refractivity contribution in [2.75, 3.05) is 12.9 Å². The maximum absolute atomic E-state index is 13.6. The average Bonchev–Trinajstić information content (AvgIpc) is 3.07. The number of nitrogens with zero attached hydrogens (tertiary/aromatic N) is 1. The van der Waals surface area contributed by atoms with Gasteiger partial charge < -0.3 is 24.1 Å². The number of esters is 1. The molecule has 1 aliphatic heterocycles. The third-order valence-electron chi connectivity index (χ3n) is 9.64. The molecule has 2 aliphatic rings. The van der Waals surface area contributed by atoms with E-state index in [1.54, 1.807) is 31.2 Å². The van der Waals surface area contributed by atoms with Crippen LogP contribution in [0.15, 0.2) is 101 Å². The molecule has 8 nitrogen and oxygen atoms in total. The zero-order valence-electron chi connectivity index (χ0n) is 30.3. The van der Waals surface area contributed by atoms with Gasteiger partial charge in [0, 0.05) is 23.6 Å². The summed E-state index contributed by atoms with van der Waals surface area (Å²) in [6, 6.07) is 25.7. The predicted octanol–water partition coefficient (Wildman–Crippen LogP) is 6.92. The van der Waals surface area contributed by atoms with Gasteiger partial charge in [0.05, 0.1) is 17.7 Å². The van der Waals surface area contributed by atoms with Crippen LogP contribution in [0.4, 0.5) is 0 Å². The lowest BCUT2D eigenvalue weighted by Crippen LogP contribution is -2.68. The minimum absolute atomic E-state index is 0.00935. The van der Waals surface area contributed by atoms with Crippen molar-refractivity contribution in [3.8, 4) is 0 Å². The fraction of sp³-hybridized carbons (Fsp3) is 0.425. The Hall–Kier alpha value is -3.25. The summed E-state index contributed by atoms with van der Waals surface area (Å²) in [6.07, 6.45) is -1.00. The zero-order valence-corrected chi connectivity index (χ0v) is 32.8. The van der Waals surface area contributed by atoms with Crippen LogP contribution in [0.3, 0.4) is 0 Å². The first-order valence-corrected chi connectivity index (χ1v) is 20.7.